The van der Waals surface area contributed by atoms with Crippen LogP contribution >= 0.6 is 0 Å². The van der Waals surface area contributed by atoms with Gasteiger partial charge >= 0.3 is 0 Å². The third-order valence-corrected chi connectivity index (χ3v) is 5.86. The summed E-state index contributed by atoms with van der Waals surface area (Å²) in [4.78, 5) is 26.9. The largest absolute Gasteiger partial charge is 0.496 e. The number of para-hydroxylation sites is 1. The summed E-state index contributed by atoms with van der Waals surface area (Å²) in [7, 11) is 1.60. The van der Waals surface area contributed by atoms with Crippen molar-refractivity contribution >= 4 is 11.7 Å². The van der Waals surface area contributed by atoms with Gasteiger partial charge in [0.25, 0.3) is 5.91 Å². The average Bonchev–Trinajstić information content (AvgIpc) is 2.73. The van der Waals surface area contributed by atoms with Crippen LogP contribution in [0.15, 0.2) is 24.3 Å². The minimum absolute atomic E-state index is 0.00175. The summed E-state index contributed by atoms with van der Waals surface area (Å²) in [6, 6.07) is 7.42. The Morgan fingerprint density at radius 1 is 1.14 bits per heavy atom. The Morgan fingerprint density at radius 3 is 2.64 bits per heavy atom. The van der Waals surface area contributed by atoms with E-state index in [1.165, 1.54) is 12.8 Å². The number of ether oxygens (including phenoxy) is 1. The first-order chi connectivity index (χ1) is 13.6. The summed E-state index contributed by atoms with van der Waals surface area (Å²) >= 11 is 0. The minimum Gasteiger partial charge on any atom is -0.496 e. The van der Waals surface area contributed by atoms with Crippen molar-refractivity contribution in [2.24, 2.45) is 5.92 Å². The van der Waals surface area contributed by atoms with Crippen LogP contribution < -0.4 is 9.64 Å². The molecule has 4 rings (SSSR count). The van der Waals surface area contributed by atoms with Crippen LogP contribution in [0.3, 0.4) is 0 Å². The van der Waals surface area contributed by atoms with E-state index in [2.05, 4.69) is 16.8 Å². The second-order valence-electron chi connectivity index (χ2n) is 7.87. The lowest BCUT2D eigenvalue weighted by Crippen LogP contribution is -2.40. The van der Waals surface area contributed by atoms with Gasteiger partial charge in [-0.2, -0.15) is 0 Å². The molecule has 0 radical (unpaired) electrons. The third-order valence-electron chi connectivity index (χ3n) is 5.86. The number of amides is 1. The second kappa shape index (κ2) is 7.78. The minimum atomic E-state index is 0.00175. The zero-order chi connectivity index (χ0) is 19.7. The highest BCUT2D eigenvalue weighted by Gasteiger charge is 2.29. The molecule has 6 heteroatoms. The molecule has 0 unspecified atom stereocenters. The number of aromatic nitrogens is 2. The van der Waals surface area contributed by atoms with E-state index in [-0.39, 0.29) is 5.91 Å². The number of nitrogens with zero attached hydrogens (tertiary/aromatic N) is 4. The van der Waals surface area contributed by atoms with E-state index < -0.39 is 0 Å². The number of aryl methyl sites for hydroxylation is 1. The van der Waals surface area contributed by atoms with Crippen molar-refractivity contribution < 1.29 is 9.53 Å². The van der Waals surface area contributed by atoms with Gasteiger partial charge in [0.2, 0.25) is 0 Å². The highest BCUT2D eigenvalue weighted by molar-refractivity contribution is 5.97. The number of carbonyl (C=O) groups excluding carboxylic acids is 1. The third kappa shape index (κ3) is 3.55. The Bertz CT molecular complexity index is 875. The molecule has 0 atom stereocenters. The van der Waals surface area contributed by atoms with Crippen LogP contribution in [0.25, 0.3) is 0 Å². The van der Waals surface area contributed by atoms with Gasteiger partial charge in [-0.1, -0.05) is 19.1 Å². The van der Waals surface area contributed by atoms with Crippen molar-refractivity contribution in [1.82, 2.24) is 14.9 Å². The normalized spacial score (nSPS) is 17.4. The predicted molar refractivity (Wildman–Crippen MR) is 109 cm³/mol. The molecule has 3 heterocycles. The molecule has 1 fully saturated rings. The van der Waals surface area contributed by atoms with E-state index in [0.29, 0.717) is 24.4 Å². The van der Waals surface area contributed by atoms with Gasteiger partial charge in [-0.05, 0) is 37.8 Å². The number of benzene rings is 1. The molecule has 0 aliphatic carbocycles. The van der Waals surface area contributed by atoms with E-state index in [9.17, 15) is 4.79 Å². The molecule has 148 valence electrons. The van der Waals surface area contributed by atoms with Crippen molar-refractivity contribution in [3.05, 3.63) is 46.9 Å². The first-order valence-corrected chi connectivity index (χ1v) is 10.1. The van der Waals surface area contributed by atoms with Gasteiger partial charge < -0.3 is 14.5 Å². The maximum Gasteiger partial charge on any atom is 0.257 e. The Kier molecular flexibility index (Phi) is 5.20. The number of methoxy groups -OCH3 is 1. The van der Waals surface area contributed by atoms with Gasteiger partial charge in [-0.15, -0.1) is 0 Å². The molecule has 28 heavy (non-hydrogen) atoms. The van der Waals surface area contributed by atoms with Gasteiger partial charge in [-0.25, -0.2) is 9.97 Å². The molecular weight excluding hydrogens is 352 g/mol. The van der Waals surface area contributed by atoms with Gasteiger partial charge in [-0.3, -0.25) is 4.79 Å². The number of rotatable bonds is 3. The van der Waals surface area contributed by atoms with Crippen molar-refractivity contribution in [2.75, 3.05) is 31.6 Å². The molecule has 0 bridgehead atoms. The maximum atomic E-state index is 13.2. The van der Waals surface area contributed by atoms with E-state index in [4.69, 9.17) is 9.72 Å². The number of hydrogen-bond donors (Lipinski definition) is 0. The smallest absolute Gasteiger partial charge is 0.257 e. The van der Waals surface area contributed by atoms with Gasteiger partial charge in [0.15, 0.2) is 0 Å². The van der Waals surface area contributed by atoms with Crippen LogP contribution in [0.4, 0.5) is 5.82 Å². The Labute approximate surface area is 166 Å². The summed E-state index contributed by atoms with van der Waals surface area (Å²) in [6.45, 7) is 7.52. The van der Waals surface area contributed by atoms with E-state index in [1.807, 2.05) is 36.1 Å². The van der Waals surface area contributed by atoms with Gasteiger partial charge in [0.1, 0.15) is 17.4 Å². The zero-order valence-corrected chi connectivity index (χ0v) is 16.9. The SMILES string of the molecule is COc1ccccc1C(=O)N1CCc2nc(C)nc(N3CCC(C)CC3)c2C1. The first kappa shape index (κ1) is 18.7. The number of fused-ring (bicyclic) bond motifs is 1. The lowest BCUT2D eigenvalue weighted by Gasteiger charge is -2.36. The van der Waals surface area contributed by atoms with Crippen LogP contribution in [0.1, 0.15) is 47.2 Å². The zero-order valence-electron chi connectivity index (χ0n) is 16.9. The van der Waals surface area contributed by atoms with E-state index in [1.54, 1.807) is 7.11 Å². The summed E-state index contributed by atoms with van der Waals surface area (Å²) in [6.07, 6.45) is 3.13. The number of hydrogen-bond acceptors (Lipinski definition) is 5. The lowest BCUT2D eigenvalue weighted by molar-refractivity contribution is 0.0730. The summed E-state index contributed by atoms with van der Waals surface area (Å²) in [5.41, 5.74) is 2.80. The van der Waals surface area contributed by atoms with Crippen molar-refractivity contribution in [3.8, 4) is 5.75 Å². The lowest BCUT2D eigenvalue weighted by atomic mass is 9.98. The standard InChI is InChI=1S/C22H28N4O2/c1-15-8-11-25(12-9-15)21-18-14-26(13-10-19(18)23-16(2)24-21)22(27)17-6-4-5-7-20(17)28-3/h4-7,15H,8-14H2,1-3H3. The molecule has 2 aliphatic heterocycles. The molecule has 1 amide bonds. The quantitative estimate of drug-likeness (QED) is 0.818. The van der Waals surface area contributed by atoms with Crippen LogP contribution in [0, 0.1) is 12.8 Å². The molecule has 0 saturated carbocycles. The summed E-state index contributed by atoms with van der Waals surface area (Å²) in [5.74, 6) is 3.22. The fourth-order valence-corrected chi connectivity index (χ4v) is 4.16. The van der Waals surface area contributed by atoms with Crippen LogP contribution in [-0.4, -0.2) is 47.5 Å². The topological polar surface area (TPSA) is 58.6 Å². The molecule has 1 saturated heterocycles. The Morgan fingerprint density at radius 2 is 1.89 bits per heavy atom. The monoisotopic (exact) mass is 380 g/mol. The maximum absolute atomic E-state index is 13.2. The van der Waals surface area contributed by atoms with Crippen LogP contribution in [-0.2, 0) is 13.0 Å². The van der Waals surface area contributed by atoms with E-state index in [0.717, 1.165) is 48.3 Å². The molecule has 1 aromatic carbocycles. The van der Waals surface area contributed by atoms with Crippen molar-refractivity contribution in [3.63, 3.8) is 0 Å². The first-order valence-electron chi connectivity index (χ1n) is 10.1. The summed E-state index contributed by atoms with van der Waals surface area (Å²) < 4.78 is 5.39. The van der Waals surface area contributed by atoms with Crippen molar-refractivity contribution in [1.29, 1.82) is 0 Å². The molecule has 1 aromatic heterocycles. The molecule has 0 N–H and O–H groups in total. The molecule has 0 spiro atoms. The fourth-order valence-electron chi connectivity index (χ4n) is 4.16. The fraction of sp³-hybridized carbons (Fsp3) is 0.500. The van der Waals surface area contributed by atoms with Crippen LogP contribution in [0.5, 0.6) is 5.75 Å². The molecule has 6 nitrogen and oxygen atoms in total. The number of piperidine rings is 1. The highest BCUT2D eigenvalue weighted by atomic mass is 16.5. The molecule has 2 aliphatic rings. The second-order valence-corrected chi connectivity index (χ2v) is 7.87. The number of anilines is 1. The van der Waals surface area contributed by atoms with Gasteiger partial charge in [0.05, 0.1) is 24.9 Å². The van der Waals surface area contributed by atoms with E-state index >= 15 is 0 Å². The van der Waals surface area contributed by atoms with Gasteiger partial charge in [0, 0.05) is 31.6 Å². The van der Waals surface area contributed by atoms with Crippen molar-refractivity contribution in [2.45, 2.75) is 39.7 Å². The Balaban J connectivity index is 1.63. The predicted octanol–water partition coefficient (Wildman–Crippen LogP) is 3.23. The highest BCUT2D eigenvalue weighted by Crippen LogP contribution is 2.31. The average molecular weight is 380 g/mol. The molecule has 2 aromatic rings. The van der Waals surface area contributed by atoms with Crippen LogP contribution in [0.2, 0.25) is 0 Å². The number of carbonyl (C=O) groups is 1. The molecular formula is C22H28N4O2. The Hall–Kier alpha value is -2.63. The summed E-state index contributed by atoms with van der Waals surface area (Å²) in [5, 5.41) is 0.